The molecule has 0 aromatic carbocycles. The van der Waals surface area contributed by atoms with Crippen molar-refractivity contribution in [3.63, 3.8) is 0 Å². The Morgan fingerprint density at radius 3 is 2.82 bits per heavy atom. The van der Waals surface area contributed by atoms with E-state index in [2.05, 4.69) is 12.2 Å². The fourth-order valence-corrected chi connectivity index (χ4v) is 2.60. The molecule has 2 aliphatic rings. The topological polar surface area (TPSA) is 52.7 Å². The molecule has 1 atom stereocenters. The molecule has 0 aromatic heterocycles. The van der Waals surface area contributed by atoms with Crippen molar-refractivity contribution in [1.29, 1.82) is 0 Å². The minimum Gasteiger partial charge on any atom is -0.315 e. The summed E-state index contributed by atoms with van der Waals surface area (Å²) in [4.78, 5) is 27.8. The van der Waals surface area contributed by atoms with Gasteiger partial charge in [-0.15, -0.1) is 0 Å². The van der Waals surface area contributed by atoms with Crippen LogP contribution in [0.4, 0.5) is 4.79 Å². The third kappa shape index (κ3) is 1.92. The van der Waals surface area contributed by atoms with E-state index in [0.717, 1.165) is 25.9 Å². The van der Waals surface area contributed by atoms with Gasteiger partial charge in [-0.2, -0.15) is 0 Å². The molecule has 17 heavy (non-hydrogen) atoms. The summed E-state index contributed by atoms with van der Waals surface area (Å²) in [6.07, 6.45) is 2.59. The van der Waals surface area contributed by atoms with Crippen molar-refractivity contribution in [2.24, 2.45) is 0 Å². The van der Waals surface area contributed by atoms with Crippen LogP contribution >= 0.6 is 0 Å². The van der Waals surface area contributed by atoms with Crippen LogP contribution in [-0.2, 0) is 4.79 Å². The minimum absolute atomic E-state index is 0.0142. The molecule has 0 saturated carbocycles. The van der Waals surface area contributed by atoms with E-state index in [1.165, 1.54) is 4.90 Å². The smallest absolute Gasteiger partial charge is 0.315 e. The number of hydrogen-bond acceptors (Lipinski definition) is 3. The van der Waals surface area contributed by atoms with Crippen LogP contribution in [0.2, 0.25) is 0 Å². The molecule has 2 aliphatic heterocycles. The quantitative estimate of drug-likeness (QED) is 0.741. The number of nitrogens with one attached hydrogen (secondary N) is 1. The number of urea groups is 1. The van der Waals surface area contributed by atoms with Gasteiger partial charge in [-0.1, -0.05) is 13.3 Å². The van der Waals surface area contributed by atoms with Crippen LogP contribution in [0.1, 0.15) is 33.1 Å². The fourth-order valence-electron chi connectivity index (χ4n) is 2.60. The Kier molecular flexibility index (Phi) is 3.38. The number of unbranched alkanes of at least 4 members (excludes halogenated alkanes) is 1. The zero-order valence-electron chi connectivity index (χ0n) is 10.7. The highest BCUT2D eigenvalue weighted by molar-refractivity contribution is 6.06. The third-order valence-electron chi connectivity index (χ3n) is 3.80. The van der Waals surface area contributed by atoms with Gasteiger partial charge in [0, 0.05) is 19.6 Å². The SMILES string of the molecule is CCCCN1C(=O)N2CCNCCC2(C)C1=O. The Balaban J connectivity index is 2.20. The van der Waals surface area contributed by atoms with Crippen molar-refractivity contribution in [2.45, 2.75) is 38.6 Å². The lowest BCUT2D eigenvalue weighted by molar-refractivity contribution is -0.132. The molecule has 2 fully saturated rings. The van der Waals surface area contributed by atoms with Crippen molar-refractivity contribution >= 4 is 11.9 Å². The molecule has 5 heteroatoms. The average molecular weight is 239 g/mol. The number of amides is 3. The molecule has 5 nitrogen and oxygen atoms in total. The molecule has 0 aliphatic carbocycles. The average Bonchev–Trinajstić information content (AvgIpc) is 2.49. The molecule has 1 unspecified atom stereocenters. The van der Waals surface area contributed by atoms with Crippen LogP contribution in [0.5, 0.6) is 0 Å². The minimum atomic E-state index is -0.617. The first kappa shape index (κ1) is 12.4. The van der Waals surface area contributed by atoms with Gasteiger partial charge in [0.2, 0.25) is 0 Å². The molecule has 2 rings (SSSR count). The number of carbonyl (C=O) groups is 2. The maximum absolute atomic E-state index is 12.4. The second-order valence-electron chi connectivity index (χ2n) is 5.02. The van der Waals surface area contributed by atoms with Crippen molar-refractivity contribution in [2.75, 3.05) is 26.2 Å². The van der Waals surface area contributed by atoms with Gasteiger partial charge in [0.15, 0.2) is 0 Å². The van der Waals surface area contributed by atoms with E-state index in [0.29, 0.717) is 19.5 Å². The molecule has 1 N–H and O–H groups in total. The van der Waals surface area contributed by atoms with Crippen molar-refractivity contribution < 1.29 is 9.59 Å². The van der Waals surface area contributed by atoms with E-state index in [1.807, 2.05) is 6.92 Å². The van der Waals surface area contributed by atoms with Gasteiger partial charge in [0.05, 0.1) is 0 Å². The normalized spacial score (nSPS) is 29.5. The highest BCUT2D eigenvalue weighted by Crippen LogP contribution is 2.31. The standard InChI is InChI=1S/C12H21N3O2/c1-3-4-8-14-10(16)12(2)5-6-13-7-9-15(12)11(14)17/h13H,3-9H2,1-2H3. The van der Waals surface area contributed by atoms with E-state index in [9.17, 15) is 9.59 Å². The number of carbonyl (C=O) groups excluding carboxylic acids is 2. The lowest BCUT2D eigenvalue weighted by Gasteiger charge is -2.28. The fraction of sp³-hybridized carbons (Fsp3) is 0.833. The van der Waals surface area contributed by atoms with Gasteiger partial charge in [-0.05, 0) is 26.3 Å². The monoisotopic (exact) mass is 239 g/mol. The number of fused-ring (bicyclic) bond motifs is 1. The van der Waals surface area contributed by atoms with Gasteiger partial charge in [0.1, 0.15) is 5.54 Å². The molecule has 0 bridgehead atoms. The predicted octanol–water partition coefficient (Wildman–Crippen LogP) is 0.803. The maximum Gasteiger partial charge on any atom is 0.327 e. The Labute approximate surface area is 102 Å². The summed E-state index contributed by atoms with van der Waals surface area (Å²) in [7, 11) is 0. The first-order chi connectivity index (χ1) is 8.11. The Hall–Kier alpha value is -1.10. The molecule has 0 spiro atoms. The third-order valence-corrected chi connectivity index (χ3v) is 3.80. The molecular weight excluding hydrogens is 218 g/mol. The molecule has 2 saturated heterocycles. The van der Waals surface area contributed by atoms with E-state index in [1.54, 1.807) is 4.90 Å². The largest absolute Gasteiger partial charge is 0.327 e. The highest BCUT2D eigenvalue weighted by Gasteiger charge is 2.53. The maximum atomic E-state index is 12.4. The number of nitrogens with zero attached hydrogens (tertiary/aromatic N) is 2. The zero-order valence-corrected chi connectivity index (χ0v) is 10.7. The Bertz CT molecular complexity index is 332. The van der Waals surface area contributed by atoms with Crippen molar-refractivity contribution in [3.8, 4) is 0 Å². The summed E-state index contributed by atoms with van der Waals surface area (Å²) in [5.74, 6) is -0.0142. The molecule has 2 heterocycles. The molecule has 3 amide bonds. The molecule has 0 radical (unpaired) electrons. The lowest BCUT2D eigenvalue weighted by atomic mass is 9.96. The molecular formula is C12H21N3O2. The number of imide groups is 1. The second kappa shape index (κ2) is 4.64. The van der Waals surface area contributed by atoms with E-state index < -0.39 is 5.54 Å². The lowest BCUT2D eigenvalue weighted by Crippen LogP contribution is -2.47. The first-order valence-corrected chi connectivity index (χ1v) is 6.45. The summed E-state index contributed by atoms with van der Waals surface area (Å²) < 4.78 is 0. The van der Waals surface area contributed by atoms with Crippen LogP contribution in [-0.4, -0.2) is 53.5 Å². The highest BCUT2D eigenvalue weighted by atomic mass is 16.2. The zero-order chi connectivity index (χ0) is 12.5. The van der Waals surface area contributed by atoms with Gasteiger partial charge >= 0.3 is 6.03 Å². The van der Waals surface area contributed by atoms with E-state index >= 15 is 0 Å². The van der Waals surface area contributed by atoms with E-state index in [-0.39, 0.29) is 11.9 Å². The molecule has 0 aromatic rings. The number of rotatable bonds is 3. The number of hydrogen-bond donors (Lipinski definition) is 1. The van der Waals surface area contributed by atoms with Crippen LogP contribution in [0.15, 0.2) is 0 Å². The Morgan fingerprint density at radius 2 is 2.12 bits per heavy atom. The van der Waals surface area contributed by atoms with Crippen molar-refractivity contribution in [1.82, 2.24) is 15.1 Å². The Morgan fingerprint density at radius 1 is 1.35 bits per heavy atom. The second-order valence-corrected chi connectivity index (χ2v) is 5.02. The van der Waals surface area contributed by atoms with Crippen LogP contribution in [0, 0.1) is 0 Å². The summed E-state index contributed by atoms with van der Waals surface area (Å²) in [5.41, 5.74) is -0.617. The van der Waals surface area contributed by atoms with Crippen LogP contribution in [0.25, 0.3) is 0 Å². The van der Waals surface area contributed by atoms with Gasteiger partial charge in [-0.25, -0.2) is 4.79 Å². The summed E-state index contributed by atoms with van der Waals surface area (Å²) >= 11 is 0. The summed E-state index contributed by atoms with van der Waals surface area (Å²) in [6.45, 7) is 6.72. The summed E-state index contributed by atoms with van der Waals surface area (Å²) in [6, 6.07) is -0.102. The van der Waals surface area contributed by atoms with Crippen molar-refractivity contribution in [3.05, 3.63) is 0 Å². The van der Waals surface area contributed by atoms with Crippen LogP contribution in [0.3, 0.4) is 0 Å². The van der Waals surface area contributed by atoms with Crippen LogP contribution < -0.4 is 5.32 Å². The van der Waals surface area contributed by atoms with Gasteiger partial charge in [-0.3, -0.25) is 9.69 Å². The van der Waals surface area contributed by atoms with E-state index in [4.69, 9.17) is 0 Å². The molecule has 96 valence electrons. The van der Waals surface area contributed by atoms with Gasteiger partial charge < -0.3 is 10.2 Å². The van der Waals surface area contributed by atoms with Gasteiger partial charge in [0.25, 0.3) is 5.91 Å². The first-order valence-electron chi connectivity index (χ1n) is 6.45. The summed E-state index contributed by atoms with van der Waals surface area (Å²) in [5, 5.41) is 3.24. The predicted molar refractivity (Wildman–Crippen MR) is 64.6 cm³/mol.